The van der Waals surface area contributed by atoms with E-state index in [0.29, 0.717) is 28.4 Å². The first-order valence-corrected chi connectivity index (χ1v) is 12.4. The highest BCUT2D eigenvalue weighted by Gasteiger charge is 2.15. The summed E-state index contributed by atoms with van der Waals surface area (Å²) in [7, 11) is -2.22. The molecule has 0 fully saturated rings. The predicted molar refractivity (Wildman–Crippen MR) is 138 cm³/mol. The minimum Gasteiger partial charge on any atom is -0.497 e. The Hall–Kier alpha value is -4.11. The van der Waals surface area contributed by atoms with E-state index in [9.17, 15) is 13.2 Å². The highest BCUT2D eigenvalue weighted by Crippen LogP contribution is 2.21. The average Bonchev–Trinajstić information content (AvgIpc) is 3.11. The lowest BCUT2D eigenvalue weighted by Gasteiger charge is -2.09. The predicted octanol–water partition coefficient (Wildman–Crippen LogP) is 4.65. The summed E-state index contributed by atoms with van der Waals surface area (Å²) in [5.74, 6) is 0.633. The minimum absolute atomic E-state index is 0.0993. The van der Waals surface area contributed by atoms with Gasteiger partial charge < -0.3 is 4.74 Å². The number of hydrogen-bond donors (Lipinski definition) is 2. The van der Waals surface area contributed by atoms with E-state index in [4.69, 9.17) is 4.74 Å². The van der Waals surface area contributed by atoms with Gasteiger partial charge in [-0.05, 0) is 80.9 Å². The molecule has 0 radical (unpaired) electrons. The Kier molecular flexibility index (Phi) is 6.61. The molecule has 0 aliphatic carbocycles. The first-order chi connectivity index (χ1) is 16.7. The van der Waals surface area contributed by atoms with Gasteiger partial charge in [-0.1, -0.05) is 17.7 Å². The third-order valence-corrected chi connectivity index (χ3v) is 6.94. The molecule has 8 nitrogen and oxygen atoms in total. The van der Waals surface area contributed by atoms with Crippen molar-refractivity contribution in [1.82, 2.24) is 9.78 Å². The third kappa shape index (κ3) is 5.20. The van der Waals surface area contributed by atoms with Gasteiger partial charge in [0.2, 0.25) is 0 Å². The number of aromatic amines is 1. The van der Waals surface area contributed by atoms with Crippen LogP contribution in [0.15, 0.2) is 81.4 Å². The number of nitrogens with one attached hydrogen (secondary N) is 2. The zero-order chi connectivity index (χ0) is 25.2. The molecule has 4 rings (SSSR count). The number of benzene rings is 3. The number of sulfonamides is 1. The summed E-state index contributed by atoms with van der Waals surface area (Å²) >= 11 is 0. The van der Waals surface area contributed by atoms with Crippen molar-refractivity contribution in [1.29, 1.82) is 0 Å². The standard InChI is InChI=1S/C26H26N4O4S/c1-17-5-14-25(18(2)15-17)30-26(31)24(19(3)28-30)16-27-20-8-12-23(13-9-20)35(32,33)29-21-6-10-22(34-4)11-7-21/h5-16,28-29H,1-4H3. The summed E-state index contributed by atoms with van der Waals surface area (Å²) in [5.41, 5.74) is 4.74. The number of anilines is 1. The van der Waals surface area contributed by atoms with Crippen LogP contribution in [0.3, 0.4) is 0 Å². The van der Waals surface area contributed by atoms with Crippen molar-refractivity contribution >= 4 is 27.6 Å². The Bertz CT molecular complexity index is 1550. The molecule has 0 unspecified atom stereocenters. The smallest absolute Gasteiger partial charge is 0.280 e. The third-order valence-electron chi connectivity index (χ3n) is 5.54. The van der Waals surface area contributed by atoms with Gasteiger partial charge in [0.15, 0.2) is 0 Å². The normalized spacial score (nSPS) is 11.7. The largest absolute Gasteiger partial charge is 0.497 e. The molecule has 0 amide bonds. The van der Waals surface area contributed by atoms with Crippen LogP contribution >= 0.6 is 0 Å². The molecule has 35 heavy (non-hydrogen) atoms. The van der Waals surface area contributed by atoms with E-state index in [1.165, 1.54) is 23.0 Å². The summed E-state index contributed by atoms with van der Waals surface area (Å²) in [5, 5.41) is 3.10. The van der Waals surface area contributed by atoms with E-state index < -0.39 is 10.0 Å². The van der Waals surface area contributed by atoms with Gasteiger partial charge >= 0.3 is 0 Å². The van der Waals surface area contributed by atoms with Crippen LogP contribution in [0, 0.1) is 20.8 Å². The van der Waals surface area contributed by atoms with Crippen LogP contribution in [-0.2, 0) is 10.0 Å². The Morgan fingerprint density at radius 1 is 0.971 bits per heavy atom. The molecule has 3 aromatic carbocycles. The average molecular weight is 491 g/mol. The van der Waals surface area contributed by atoms with Crippen molar-refractivity contribution in [3.8, 4) is 11.4 Å². The van der Waals surface area contributed by atoms with Crippen LogP contribution in [0.4, 0.5) is 11.4 Å². The number of hydrogen-bond acceptors (Lipinski definition) is 5. The molecule has 1 aromatic heterocycles. The molecule has 0 aliphatic heterocycles. The van der Waals surface area contributed by atoms with Crippen molar-refractivity contribution in [2.75, 3.05) is 11.8 Å². The van der Waals surface area contributed by atoms with Gasteiger partial charge in [0.1, 0.15) is 5.75 Å². The van der Waals surface area contributed by atoms with Crippen LogP contribution in [0.5, 0.6) is 5.75 Å². The molecule has 180 valence electrons. The molecule has 1 heterocycles. The van der Waals surface area contributed by atoms with E-state index >= 15 is 0 Å². The molecule has 0 saturated carbocycles. The van der Waals surface area contributed by atoms with Crippen molar-refractivity contribution in [2.24, 2.45) is 4.99 Å². The first kappa shape index (κ1) is 24.0. The van der Waals surface area contributed by atoms with E-state index in [2.05, 4.69) is 14.8 Å². The number of aryl methyl sites for hydroxylation is 3. The lowest BCUT2D eigenvalue weighted by molar-refractivity contribution is 0.415. The maximum atomic E-state index is 13.0. The van der Waals surface area contributed by atoms with E-state index in [0.717, 1.165) is 16.8 Å². The second-order valence-electron chi connectivity index (χ2n) is 8.17. The van der Waals surface area contributed by atoms with E-state index in [-0.39, 0.29) is 10.5 Å². The molecule has 2 N–H and O–H groups in total. The summed E-state index contributed by atoms with van der Waals surface area (Å²) in [6.45, 7) is 5.77. The monoisotopic (exact) mass is 490 g/mol. The Labute approximate surface area is 204 Å². The number of nitrogens with zero attached hydrogens (tertiary/aromatic N) is 2. The lowest BCUT2D eigenvalue weighted by Crippen LogP contribution is -2.18. The lowest BCUT2D eigenvalue weighted by atomic mass is 10.1. The van der Waals surface area contributed by atoms with Gasteiger partial charge in [-0.3, -0.25) is 19.6 Å². The zero-order valence-electron chi connectivity index (χ0n) is 19.9. The number of aliphatic imine (C=N–C) groups is 1. The van der Waals surface area contributed by atoms with Crippen molar-refractivity contribution in [3.63, 3.8) is 0 Å². The van der Waals surface area contributed by atoms with Gasteiger partial charge in [0.25, 0.3) is 15.6 Å². The number of rotatable bonds is 7. The Morgan fingerprint density at radius 2 is 1.66 bits per heavy atom. The maximum absolute atomic E-state index is 13.0. The SMILES string of the molecule is COc1ccc(NS(=O)(=O)c2ccc(N=Cc3c(C)[nH]n(-c4ccc(C)cc4C)c3=O)cc2)cc1. The summed E-state index contributed by atoms with van der Waals surface area (Å²) in [4.78, 5) is 17.5. The molecule has 0 bridgehead atoms. The number of H-pyrrole nitrogens is 1. The van der Waals surface area contributed by atoms with Crippen LogP contribution in [0.2, 0.25) is 0 Å². The topological polar surface area (TPSA) is 106 Å². The van der Waals surface area contributed by atoms with Gasteiger partial charge in [-0.25, -0.2) is 13.1 Å². The first-order valence-electron chi connectivity index (χ1n) is 10.9. The van der Waals surface area contributed by atoms with Crippen molar-refractivity contribution < 1.29 is 13.2 Å². The van der Waals surface area contributed by atoms with Crippen molar-refractivity contribution in [2.45, 2.75) is 25.7 Å². The summed E-state index contributed by atoms with van der Waals surface area (Å²) < 4.78 is 34.5. The van der Waals surface area contributed by atoms with Crippen LogP contribution in [-0.4, -0.2) is 31.5 Å². The van der Waals surface area contributed by atoms with Gasteiger partial charge in [-0.15, -0.1) is 0 Å². The fourth-order valence-corrected chi connectivity index (χ4v) is 4.72. The minimum atomic E-state index is -3.77. The second kappa shape index (κ2) is 9.63. The van der Waals surface area contributed by atoms with Crippen LogP contribution < -0.4 is 15.0 Å². The Balaban J connectivity index is 1.53. The van der Waals surface area contributed by atoms with E-state index in [1.54, 1.807) is 43.5 Å². The van der Waals surface area contributed by atoms with Crippen LogP contribution in [0.1, 0.15) is 22.4 Å². The second-order valence-corrected chi connectivity index (χ2v) is 9.85. The fraction of sp³-hybridized carbons (Fsp3) is 0.154. The molecular formula is C26H26N4O4S. The van der Waals surface area contributed by atoms with E-state index in [1.807, 2.05) is 39.0 Å². The summed E-state index contributed by atoms with van der Waals surface area (Å²) in [6.07, 6.45) is 1.49. The molecule has 9 heteroatoms. The molecule has 0 atom stereocenters. The fourth-order valence-electron chi connectivity index (χ4n) is 3.66. The number of ether oxygens (including phenoxy) is 1. The molecule has 0 aliphatic rings. The highest BCUT2D eigenvalue weighted by atomic mass is 32.2. The van der Waals surface area contributed by atoms with Gasteiger partial charge in [0, 0.05) is 17.6 Å². The highest BCUT2D eigenvalue weighted by molar-refractivity contribution is 7.92. The summed E-state index contributed by atoms with van der Waals surface area (Å²) in [6, 6.07) is 18.6. The van der Waals surface area contributed by atoms with Crippen molar-refractivity contribution in [3.05, 3.63) is 99.5 Å². The quantitative estimate of drug-likeness (QED) is 0.368. The molecule has 0 spiro atoms. The molecular weight excluding hydrogens is 464 g/mol. The number of aromatic nitrogens is 2. The van der Waals surface area contributed by atoms with Gasteiger partial charge in [0.05, 0.1) is 28.9 Å². The van der Waals surface area contributed by atoms with Crippen LogP contribution in [0.25, 0.3) is 5.69 Å². The maximum Gasteiger partial charge on any atom is 0.280 e. The number of methoxy groups -OCH3 is 1. The molecule has 0 saturated heterocycles. The Morgan fingerprint density at radius 3 is 2.29 bits per heavy atom. The zero-order valence-corrected chi connectivity index (χ0v) is 20.7. The molecule has 4 aromatic rings. The van der Waals surface area contributed by atoms with Gasteiger partial charge in [-0.2, -0.15) is 0 Å².